The first kappa shape index (κ1) is 107. The van der Waals surface area contributed by atoms with Crippen LogP contribution in [0.15, 0.2) is 78.9 Å². The average Bonchev–Trinajstić information content (AvgIpc) is 1.65. The van der Waals surface area contributed by atoms with Gasteiger partial charge in [-0.3, -0.25) is 43.3 Å². The summed E-state index contributed by atoms with van der Waals surface area (Å²) in [6.45, 7) is 28.1. The number of aliphatic carboxylic acids is 1. The lowest BCUT2D eigenvalue weighted by Crippen LogP contribution is -2.55. The number of Topliss-reactive ketones (excluding diaryl/α,β-unsaturated/α-hetero) is 2. The Kier molecular flexibility index (Phi) is 40.2. The molecule has 2 saturated heterocycles. The lowest BCUT2D eigenvalue weighted by molar-refractivity contribution is -0.192. The summed E-state index contributed by atoms with van der Waals surface area (Å²) in [5.41, 5.74) is 2.85. The Bertz CT molecular complexity index is 4240. The van der Waals surface area contributed by atoms with Crippen LogP contribution >= 0.6 is 0 Å². The number of carboxylic acids is 1. The molecule has 6 amide bonds. The van der Waals surface area contributed by atoms with Crippen molar-refractivity contribution in [1.82, 2.24) is 35.1 Å². The van der Waals surface area contributed by atoms with Crippen molar-refractivity contribution >= 4 is 59.1 Å². The molecule has 0 radical (unpaired) electrons. The fourth-order valence-corrected chi connectivity index (χ4v) is 16.7. The van der Waals surface area contributed by atoms with Gasteiger partial charge in [-0.2, -0.15) is 22.0 Å². The lowest BCUT2D eigenvalue weighted by atomic mass is 9.82. The van der Waals surface area contributed by atoms with Crippen LogP contribution in [0.2, 0.25) is 0 Å². The Hall–Kier alpha value is -9.02. The SMILES string of the molecule is CC[C@H](C)[C@@H]([C@@H](CC(=O)N1CCC[C@H]1[C@H](OC)[C@@H](C)C(=O)N[C@H](C)[C@@H](O)c1ccccc1)OC)N(C)C(=O)[C@@H](CC(=O)C(C)(C)NC)C(C)C.CC[C@H](C)[C@@H]([C@@H](CC(=O)N1CCC[C@H]1[C@H](OC)[C@@H](C)C(=O)Oc1c(F)c(F)c(F)c(F)c1F)OC)N(C)C(=O)[C@@H](CC(=O)C(C)(C)N(C)C(=O)OCC1c2ccccc2-c2ccccc21)C(C)C.O=C(O)C(F)(F)F. The summed E-state index contributed by atoms with van der Waals surface area (Å²) in [4.78, 5) is 141. The number of carbonyl (C=O) groups is 10. The topological polar surface area (TPSA) is 307 Å². The molecular formula is C92H131F8N7O18. The van der Waals surface area contributed by atoms with E-state index >= 15 is 0 Å². The average molecular weight is 1780 g/mol. The van der Waals surface area contributed by atoms with Crippen molar-refractivity contribution in [2.75, 3.05) is 76.3 Å². The number of aliphatic hydroxyl groups is 1. The first-order chi connectivity index (χ1) is 58.4. The maximum Gasteiger partial charge on any atom is 0.490 e. The van der Waals surface area contributed by atoms with Gasteiger partial charge in [-0.15, -0.1) is 0 Å². The van der Waals surface area contributed by atoms with Crippen molar-refractivity contribution in [2.45, 2.75) is 252 Å². The number of hydrogen-bond acceptors (Lipinski definition) is 18. The van der Waals surface area contributed by atoms with E-state index in [4.69, 9.17) is 38.3 Å². The number of carboxylic acid groups (broad SMARTS) is 1. The number of esters is 1. The summed E-state index contributed by atoms with van der Waals surface area (Å²) < 4.78 is 136. The summed E-state index contributed by atoms with van der Waals surface area (Å²) in [6, 6.07) is 22.4. The minimum Gasteiger partial charge on any atom is -0.475 e. The Morgan fingerprint density at radius 3 is 1.33 bits per heavy atom. The minimum atomic E-state index is -5.08. The van der Waals surface area contributed by atoms with Gasteiger partial charge in [-0.05, 0) is 126 Å². The van der Waals surface area contributed by atoms with Gasteiger partial charge >= 0.3 is 24.2 Å². The lowest BCUT2D eigenvalue weighted by Gasteiger charge is -2.41. The molecule has 25 nitrogen and oxygen atoms in total. The Morgan fingerprint density at radius 1 is 0.552 bits per heavy atom. The van der Waals surface area contributed by atoms with Gasteiger partial charge < -0.3 is 68.9 Å². The molecule has 698 valence electrons. The van der Waals surface area contributed by atoms with Gasteiger partial charge in [0.15, 0.2) is 11.6 Å². The maximum absolute atomic E-state index is 14.6. The highest BCUT2D eigenvalue weighted by molar-refractivity contribution is 5.95. The molecule has 1 aliphatic carbocycles. The minimum absolute atomic E-state index is 0.0111. The quantitative estimate of drug-likeness (QED) is 0.0106. The number of rotatable bonds is 40. The molecular weight excluding hydrogens is 1640 g/mol. The van der Waals surface area contributed by atoms with E-state index in [2.05, 4.69) is 24.5 Å². The van der Waals surface area contributed by atoms with Crippen LogP contribution < -0.4 is 15.4 Å². The number of hydrogen-bond donors (Lipinski definition) is 4. The second-order valence-corrected chi connectivity index (χ2v) is 34.7. The third-order valence-electron chi connectivity index (χ3n) is 25.6. The monoisotopic (exact) mass is 1770 g/mol. The van der Waals surface area contributed by atoms with Gasteiger partial charge in [0.1, 0.15) is 6.61 Å². The number of fused-ring (bicyclic) bond motifs is 3. The van der Waals surface area contributed by atoms with Crippen LogP contribution in [-0.4, -0.2) is 242 Å². The number of ketones is 2. The highest BCUT2D eigenvalue weighted by Gasteiger charge is 2.49. The molecule has 33 heteroatoms. The number of halogens is 8. The van der Waals surface area contributed by atoms with E-state index in [-0.39, 0.29) is 110 Å². The van der Waals surface area contributed by atoms with Gasteiger partial charge in [-0.1, -0.05) is 154 Å². The number of likely N-dealkylation sites (tertiary alicyclic amines) is 2. The molecule has 0 bridgehead atoms. The summed E-state index contributed by atoms with van der Waals surface area (Å²) in [5.74, 6) is -23.2. The molecule has 16 atom stereocenters. The van der Waals surface area contributed by atoms with E-state index in [0.717, 1.165) is 35.1 Å². The first-order valence-electron chi connectivity index (χ1n) is 42.6. The number of benzene rings is 4. The predicted octanol–water partition coefficient (Wildman–Crippen LogP) is 14.1. The number of nitrogens with one attached hydrogen (secondary N) is 2. The Labute approximate surface area is 730 Å². The van der Waals surface area contributed by atoms with E-state index in [9.17, 15) is 83.4 Å². The molecule has 3 aliphatic rings. The van der Waals surface area contributed by atoms with Crippen molar-refractivity contribution in [3.05, 3.63) is 125 Å². The van der Waals surface area contributed by atoms with Gasteiger partial charge in [-0.25, -0.2) is 22.8 Å². The molecule has 0 aromatic heterocycles. The van der Waals surface area contributed by atoms with Crippen molar-refractivity contribution in [2.24, 2.45) is 47.3 Å². The summed E-state index contributed by atoms with van der Waals surface area (Å²) in [7, 11) is 12.4. The number of carbonyl (C=O) groups excluding carboxylic acids is 9. The van der Waals surface area contributed by atoms with Gasteiger partial charge in [0.05, 0.1) is 96.5 Å². The van der Waals surface area contributed by atoms with E-state index in [0.29, 0.717) is 37.8 Å². The summed E-state index contributed by atoms with van der Waals surface area (Å²) in [6.07, 6.45) is -6.41. The second kappa shape index (κ2) is 47.2. The number of amides is 6. The number of nitrogens with zero attached hydrogens (tertiary/aromatic N) is 5. The van der Waals surface area contributed by atoms with Gasteiger partial charge in [0.2, 0.25) is 64.4 Å². The van der Waals surface area contributed by atoms with Crippen molar-refractivity contribution < 1.29 is 122 Å². The predicted molar refractivity (Wildman–Crippen MR) is 453 cm³/mol. The van der Waals surface area contributed by atoms with Crippen LogP contribution in [0, 0.1) is 76.4 Å². The molecule has 2 heterocycles. The molecule has 7 rings (SSSR count). The van der Waals surface area contributed by atoms with Crippen LogP contribution in [0.5, 0.6) is 5.75 Å². The highest BCUT2D eigenvalue weighted by Crippen LogP contribution is 2.45. The zero-order valence-electron chi connectivity index (χ0n) is 76.4. The highest BCUT2D eigenvalue weighted by atomic mass is 19.4. The second-order valence-electron chi connectivity index (χ2n) is 34.7. The third kappa shape index (κ3) is 26.1. The van der Waals surface area contributed by atoms with Crippen LogP contribution in [-0.2, 0) is 66.8 Å². The molecule has 4 N–H and O–H groups in total. The molecule has 4 aromatic rings. The molecule has 4 aromatic carbocycles. The molecule has 0 unspecified atom stereocenters. The van der Waals surface area contributed by atoms with Gasteiger partial charge in [0, 0.05) is 93.3 Å². The van der Waals surface area contributed by atoms with Crippen LogP contribution in [0.3, 0.4) is 0 Å². The fraction of sp³-hybridized carbons (Fsp3) is 0.630. The maximum atomic E-state index is 14.6. The number of alkyl halides is 3. The number of aliphatic hydroxyl groups excluding tert-OH is 1. The Balaban J connectivity index is 0.000000429. The van der Waals surface area contributed by atoms with E-state index in [1.165, 1.54) is 42.9 Å². The Morgan fingerprint density at radius 2 is 0.944 bits per heavy atom. The van der Waals surface area contributed by atoms with Crippen LogP contribution in [0.1, 0.15) is 197 Å². The summed E-state index contributed by atoms with van der Waals surface area (Å²) >= 11 is 0. The van der Waals surface area contributed by atoms with Crippen LogP contribution in [0.25, 0.3) is 11.1 Å². The zero-order valence-corrected chi connectivity index (χ0v) is 76.4. The third-order valence-corrected chi connectivity index (χ3v) is 25.6. The number of ether oxygens (including phenoxy) is 6. The number of methoxy groups -OCH3 is 4. The van der Waals surface area contributed by atoms with E-state index in [1.807, 2.05) is 134 Å². The molecule has 2 aliphatic heterocycles. The van der Waals surface area contributed by atoms with Crippen molar-refractivity contribution in [3.8, 4) is 16.9 Å². The summed E-state index contributed by atoms with van der Waals surface area (Å²) in [5, 5.41) is 23.9. The fourth-order valence-electron chi connectivity index (χ4n) is 16.7. The van der Waals surface area contributed by atoms with Gasteiger partial charge in [0.25, 0.3) is 0 Å². The molecule has 0 saturated carbocycles. The zero-order chi connectivity index (χ0) is 94.5. The normalized spacial score (nSPS) is 18.1. The van der Waals surface area contributed by atoms with Crippen LogP contribution in [0.4, 0.5) is 39.9 Å². The van der Waals surface area contributed by atoms with E-state index in [1.54, 1.807) is 72.9 Å². The number of likely N-dealkylation sites (N-methyl/N-ethyl adjacent to an activating group) is 4. The smallest absolute Gasteiger partial charge is 0.475 e. The van der Waals surface area contributed by atoms with Crippen molar-refractivity contribution in [3.63, 3.8) is 0 Å². The van der Waals surface area contributed by atoms with E-state index < -0.39 is 154 Å². The largest absolute Gasteiger partial charge is 0.490 e. The molecule has 125 heavy (non-hydrogen) atoms. The van der Waals surface area contributed by atoms with Crippen molar-refractivity contribution in [1.29, 1.82) is 0 Å². The standard InChI is InChI=1S/C51H64F5N3O9.C39H66N4O7.C2HF3O2/c1-12-28(4)45(37(65-10)25-39(61)59-23-17-22-36(59)46(66-11)29(5)49(63)68-47-43(55)41(53)40(52)42(54)44(47)56)57(8)48(62)34(27(2)3)24-38(60)51(6,7)58(9)50(64)67-26-35-32-20-15-13-18-30(32)31-19-14-16-21-33(31)35;1-13-25(4)34(42(10)38(48)29(24(2)3)22-32(44)39(7,8)40-9)31(49-11)23-33(45)43-21-17-20-30(43)36(50-12)26(5)37(47)41-27(6)35(46)28-18-15-14-16-19-28;3-2(4,5)1(6)7/h13-16,18-21,27-29,34-37,45-46H,12,17,22-26H2,1-11H3;14-16,18-19,24-27,29-31,34-36,40,46H,13,17,20-23H2,1-12H3,(H,41,47);(H,6,7)/t28-,29+,34-,36-,37+,45-,46+;25-,26+,27+,29-,30-,31+,34-,35+,36+;/m00./s1. The first-order valence-corrected chi connectivity index (χ1v) is 42.6. The molecule has 0 spiro atoms. The molecule has 2 fully saturated rings.